The third-order valence-electron chi connectivity index (χ3n) is 2.64. The maximum Gasteiger partial charge on any atom is 0.253 e. The summed E-state index contributed by atoms with van der Waals surface area (Å²) in [7, 11) is 0. The Labute approximate surface area is 126 Å². The summed E-state index contributed by atoms with van der Waals surface area (Å²) >= 11 is 3.48. The molecule has 0 bridgehead atoms. The molecule has 6 heteroatoms. The highest BCUT2D eigenvalue weighted by molar-refractivity contribution is 9.10. The van der Waals surface area contributed by atoms with Crippen LogP contribution in [-0.4, -0.2) is 16.2 Å². The van der Waals surface area contributed by atoms with Crippen molar-refractivity contribution in [2.24, 2.45) is 0 Å². The summed E-state index contributed by atoms with van der Waals surface area (Å²) in [5, 5.41) is 11.1. The highest BCUT2D eigenvalue weighted by Crippen LogP contribution is 2.24. The molecule has 2 aromatic rings. The normalized spacial score (nSPS) is 11.1. The van der Waals surface area contributed by atoms with E-state index in [0.717, 1.165) is 22.3 Å². The minimum atomic E-state index is 0.275. The second-order valence-corrected chi connectivity index (χ2v) is 5.71. The van der Waals surface area contributed by atoms with Crippen molar-refractivity contribution in [3.63, 3.8) is 0 Å². The Morgan fingerprint density at radius 2 is 2.15 bits per heavy atom. The molecule has 20 heavy (non-hydrogen) atoms. The van der Waals surface area contributed by atoms with Gasteiger partial charge in [0.25, 0.3) is 5.89 Å². The van der Waals surface area contributed by atoms with Crippen molar-refractivity contribution in [3.05, 3.63) is 40.0 Å². The van der Waals surface area contributed by atoms with Crippen LogP contribution in [0.5, 0.6) is 5.75 Å². The van der Waals surface area contributed by atoms with Crippen LogP contribution in [0.1, 0.15) is 31.2 Å². The van der Waals surface area contributed by atoms with Gasteiger partial charge in [-0.05, 0) is 18.2 Å². The van der Waals surface area contributed by atoms with Gasteiger partial charge in [-0.2, -0.15) is 0 Å². The van der Waals surface area contributed by atoms with Gasteiger partial charge in [0, 0.05) is 29.5 Å². The van der Waals surface area contributed by atoms with Gasteiger partial charge in [-0.25, -0.2) is 0 Å². The lowest BCUT2D eigenvalue weighted by Gasteiger charge is -2.13. The van der Waals surface area contributed by atoms with Crippen LogP contribution < -0.4 is 10.1 Å². The number of aryl methyl sites for hydroxylation is 1. The summed E-state index contributed by atoms with van der Waals surface area (Å²) in [5.41, 5.74) is 1.09. The number of nitrogens with one attached hydrogen (secondary N) is 1. The second kappa shape index (κ2) is 6.85. The number of benzene rings is 1. The minimum Gasteiger partial charge on any atom is -0.483 e. The van der Waals surface area contributed by atoms with Gasteiger partial charge in [0.05, 0.1) is 0 Å². The van der Waals surface area contributed by atoms with E-state index in [-0.39, 0.29) is 6.61 Å². The molecule has 1 N–H and O–H groups in total. The Hall–Kier alpha value is -1.40. The van der Waals surface area contributed by atoms with E-state index in [2.05, 4.69) is 45.3 Å². The van der Waals surface area contributed by atoms with Crippen molar-refractivity contribution in [2.75, 3.05) is 0 Å². The number of rotatable bonds is 6. The molecular formula is C14H18BrN3O2. The van der Waals surface area contributed by atoms with Gasteiger partial charge in [0.15, 0.2) is 6.61 Å². The Balaban J connectivity index is 2.05. The van der Waals surface area contributed by atoms with Crippen LogP contribution in [0.4, 0.5) is 0 Å². The van der Waals surface area contributed by atoms with E-state index < -0.39 is 0 Å². The molecule has 108 valence electrons. The van der Waals surface area contributed by atoms with Gasteiger partial charge in [-0.15, -0.1) is 10.2 Å². The summed E-state index contributed by atoms with van der Waals surface area (Å²) in [6.45, 7) is 7.00. The first-order valence-electron chi connectivity index (χ1n) is 6.48. The number of hydrogen-bond donors (Lipinski definition) is 1. The summed E-state index contributed by atoms with van der Waals surface area (Å²) in [6.07, 6.45) is 0. The molecule has 1 heterocycles. The molecule has 2 rings (SSSR count). The molecule has 5 nitrogen and oxygen atoms in total. The van der Waals surface area contributed by atoms with Crippen molar-refractivity contribution < 1.29 is 9.15 Å². The zero-order valence-electron chi connectivity index (χ0n) is 11.8. The smallest absolute Gasteiger partial charge is 0.253 e. The molecule has 1 aromatic carbocycles. The largest absolute Gasteiger partial charge is 0.483 e. The number of halogens is 1. The summed E-state index contributed by atoms with van der Waals surface area (Å²) in [5.74, 6) is 1.84. The SMILES string of the molecule is Cc1nnc(COc2ccc(Br)cc2CNC(C)C)o1. The van der Waals surface area contributed by atoms with Crippen LogP contribution >= 0.6 is 15.9 Å². The zero-order valence-corrected chi connectivity index (χ0v) is 13.4. The first kappa shape index (κ1) is 15.0. The Bertz CT molecular complexity index is 569. The number of nitrogens with zero attached hydrogens (tertiary/aromatic N) is 2. The lowest BCUT2D eigenvalue weighted by molar-refractivity contribution is 0.257. The maximum atomic E-state index is 5.77. The van der Waals surface area contributed by atoms with Crippen molar-refractivity contribution in [2.45, 2.75) is 40.0 Å². The molecule has 0 radical (unpaired) electrons. The molecule has 0 saturated heterocycles. The molecule has 0 amide bonds. The van der Waals surface area contributed by atoms with Gasteiger partial charge in [0.1, 0.15) is 5.75 Å². The fourth-order valence-corrected chi connectivity index (χ4v) is 2.08. The molecule has 0 fully saturated rings. The first-order valence-corrected chi connectivity index (χ1v) is 7.27. The van der Waals surface area contributed by atoms with Crippen LogP contribution in [0.3, 0.4) is 0 Å². The van der Waals surface area contributed by atoms with E-state index in [0.29, 0.717) is 17.8 Å². The van der Waals surface area contributed by atoms with Crippen LogP contribution in [0.25, 0.3) is 0 Å². The maximum absolute atomic E-state index is 5.77. The Morgan fingerprint density at radius 3 is 2.80 bits per heavy atom. The summed E-state index contributed by atoms with van der Waals surface area (Å²) in [6, 6.07) is 6.35. The molecule has 0 saturated carbocycles. The van der Waals surface area contributed by atoms with Gasteiger partial charge in [-0.1, -0.05) is 29.8 Å². The first-order chi connectivity index (χ1) is 9.54. The van der Waals surface area contributed by atoms with E-state index in [1.807, 2.05) is 18.2 Å². The molecule has 0 unspecified atom stereocenters. The summed E-state index contributed by atoms with van der Waals surface area (Å²) in [4.78, 5) is 0. The standard InChI is InChI=1S/C14H18BrN3O2/c1-9(2)16-7-11-6-12(15)4-5-13(11)19-8-14-18-17-10(3)20-14/h4-6,9,16H,7-8H2,1-3H3. The third kappa shape index (κ3) is 4.31. The molecule has 0 aliphatic carbocycles. The average Bonchev–Trinajstić information content (AvgIpc) is 2.81. The third-order valence-corrected chi connectivity index (χ3v) is 3.14. The zero-order chi connectivity index (χ0) is 14.5. The van der Waals surface area contributed by atoms with Crippen molar-refractivity contribution in [1.82, 2.24) is 15.5 Å². The molecule has 0 aliphatic heterocycles. The predicted octanol–water partition coefficient (Wildman–Crippen LogP) is 3.22. The van der Waals surface area contributed by atoms with Gasteiger partial charge in [-0.3, -0.25) is 0 Å². The number of hydrogen-bond acceptors (Lipinski definition) is 5. The molecule has 0 atom stereocenters. The second-order valence-electron chi connectivity index (χ2n) is 4.79. The van der Waals surface area contributed by atoms with Crippen molar-refractivity contribution in [1.29, 1.82) is 0 Å². The van der Waals surface area contributed by atoms with E-state index in [4.69, 9.17) is 9.15 Å². The van der Waals surface area contributed by atoms with Crippen molar-refractivity contribution >= 4 is 15.9 Å². The lowest BCUT2D eigenvalue weighted by atomic mass is 10.2. The highest BCUT2D eigenvalue weighted by Gasteiger charge is 2.08. The lowest BCUT2D eigenvalue weighted by Crippen LogP contribution is -2.22. The minimum absolute atomic E-state index is 0.275. The monoisotopic (exact) mass is 339 g/mol. The number of ether oxygens (including phenoxy) is 1. The van der Waals surface area contributed by atoms with Crippen LogP contribution in [0.15, 0.2) is 27.1 Å². The van der Waals surface area contributed by atoms with Gasteiger partial charge < -0.3 is 14.5 Å². The molecule has 0 aliphatic rings. The van der Waals surface area contributed by atoms with E-state index >= 15 is 0 Å². The molecule has 1 aromatic heterocycles. The fourth-order valence-electron chi connectivity index (χ4n) is 1.68. The van der Waals surface area contributed by atoms with E-state index in [1.165, 1.54) is 0 Å². The van der Waals surface area contributed by atoms with E-state index in [9.17, 15) is 0 Å². The van der Waals surface area contributed by atoms with Gasteiger partial charge >= 0.3 is 0 Å². The molecular weight excluding hydrogens is 322 g/mol. The molecule has 0 spiro atoms. The summed E-state index contributed by atoms with van der Waals surface area (Å²) < 4.78 is 12.1. The fraction of sp³-hybridized carbons (Fsp3) is 0.429. The predicted molar refractivity (Wildman–Crippen MR) is 79.5 cm³/mol. The van der Waals surface area contributed by atoms with Crippen LogP contribution in [0.2, 0.25) is 0 Å². The van der Waals surface area contributed by atoms with Gasteiger partial charge in [0.2, 0.25) is 5.89 Å². The topological polar surface area (TPSA) is 60.2 Å². The quantitative estimate of drug-likeness (QED) is 0.875. The van der Waals surface area contributed by atoms with Crippen LogP contribution in [0, 0.1) is 6.92 Å². The average molecular weight is 340 g/mol. The highest BCUT2D eigenvalue weighted by atomic mass is 79.9. The Morgan fingerprint density at radius 1 is 1.35 bits per heavy atom. The number of aromatic nitrogens is 2. The Kier molecular flexibility index (Phi) is 5.14. The van der Waals surface area contributed by atoms with Crippen molar-refractivity contribution in [3.8, 4) is 5.75 Å². The van der Waals surface area contributed by atoms with E-state index in [1.54, 1.807) is 6.92 Å². The van der Waals surface area contributed by atoms with Crippen LogP contribution in [-0.2, 0) is 13.2 Å².